The number of primary amides is 1. The van der Waals surface area contributed by atoms with E-state index in [-0.39, 0.29) is 5.92 Å². The molecule has 0 spiro atoms. The molecule has 0 saturated carbocycles. The van der Waals surface area contributed by atoms with Gasteiger partial charge in [0, 0.05) is 6.20 Å². The van der Waals surface area contributed by atoms with Crippen LogP contribution in [0.1, 0.15) is 24.2 Å². The molecule has 16 heavy (non-hydrogen) atoms. The van der Waals surface area contributed by atoms with Crippen molar-refractivity contribution in [1.29, 1.82) is 0 Å². The van der Waals surface area contributed by atoms with Crippen LogP contribution in [0.4, 0.5) is 0 Å². The van der Waals surface area contributed by atoms with E-state index in [0.29, 0.717) is 18.7 Å². The Morgan fingerprint density at radius 3 is 2.88 bits per heavy atom. The Hall–Kier alpha value is -1.85. The maximum absolute atomic E-state index is 11.3. The molecule has 0 aliphatic carbocycles. The van der Waals surface area contributed by atoms with E-state index in [9.17, 15) is 9.59 Å². The number of carbonyl (C=O) groups is 2. The molecule has 6 heteroatoms. The van der Waals surface area contributed by atoms with Gasteiger partial charge in [-0.1, -0.05) is 6.92 Å². The smallest absolute Gasteiger partial charge is 0.341 e. The van der Waals surface area contributed by atoms with E-state index in [4.69, 9.17) is 10.5 Å². The second-order valence-electron chi connectivity index (χ2n) is 3.47. The van der Waals surface area contributed by atoms with Gasteiger partial charge < -0.3 is 10.5 Å². The number of hydrogen-bond donors (Lipinski definition) is 1. The zero-order valence-corrected chi connectivity index (χ0v) is 9.34. The Morgan fingerprint density at radius 2 is 2.31 bits per heavy atom. The van der Waals surface area contributed by atoms with Gasteiger partial charge >= 0.3 is 5.97 Å². The minimum atomic E-state index is -0.416. The first kappa shape index (κ1) is 12.2. The minimum absolute atomic E-state index is 0.321. The van der Waals surface area contributed by atoms with Crippen LogP contribution in [0.5, 0.6) is 0 Å². The summed E-state index contributed by atoms with van der Waals surface area (Å²) in [4.78, 5) is 22.1. The van der Waals surface area contributed by atoms with Crippen molar-refractivity contribution in [2.45, 2.75) is 20.4 Å². The van der Waals surface area contributed by atoms with Crippen molar-refractivity contribution < 1.29 is 14.3 Å². The molecule has 1 aromatic rings. The predicted octanol–water partition coefficient (Wildman–Crippen LogP) is 0.181. The molecule has 1 rings (SSSR count). The first-order valence-electron chi connectivity index (χ1n) is 5.03. The highest BCUT2D eigenvalue weighted by molar-refractivity contribution is 5.88. The normalized spacial score (nSPS) is 12.1. The second kappa shape index (κ2) is 5.29. The van der Waals surface area contributed by atoms with E-state index >= 15 is 0 Å². The number of ether oxygens (including phenoxy) is 1. The van der Waals surface area contributed by atoms with Crippen LogP contribution in [0.15, 0.2) is 12.4 Å². The summed E-state index contributed by atoms with van der Waals surface area (Å²) in [5.41, 5.74) is 5.50. The molecule has 0 aromatic carbocycles. The fraction of sp³-hybridized carbons (Fsp3) is 0.500. The summed E-state index contributed by atoms with van der Waals surface area (Å²) >= 11 is 0. The lowest BCUT2D eigenvalue weighted by molar-refractivity contribution is -0.121. The molecule has 1 aromatic heterocycles. The van der Waals surface area contributed by atoms with Gasteiger partial charge in [0.05, 0.1) is 30.8 Å². The average molecular weight is 225 g/mol. The van der Waals surface area contributed by atoms with Crippen LogP contribution in [0.25, 0.3) is 0 Å². The Labute approximate surface area is 93.4 Å². The van der Waals surface area contributed by atoms with Gasteiger partial charge in [0.25, 0.3) is 0 Å². The third-order valence-electron chi connectivity index (χ3n) is 2.09. The van der Waals surface area contributed by atoms with Crippen molar-refractivity contribution in [2.75, 3.05) is 6.61 Å². The highest BCUT2D eigenvalue weighted by atomic mass is 16.5. The molecule has 88 valence electrons. The van der Waals surface area contributed by atoms with Crippen LogP contribution >= 0.6 is 0 Å². The molecule has 0 radical (unpaired) electrons. The van der Waals surface area contributed by atoms with E-state index in [1.54, 1.807) is 13.8 Å². The number of carbonyl (C=O) groups excluding carboxylic acids is 2. The fourth-order valence-electron chi connectivity index (χ4n) is 1.15. The maximum atomic E-state index is 11.3. The largest absolute Gasteiger partial charge is 0.462 e. The fourth-order valence-corrected chi connectivity index (χ4v) is 1.15. The van der Waals surface area contributed by atoms with Crippen LogP contribution in [-0.4, -0.2) is 28.3 Å². The van der Waals surface area contributed by atoms with Crippen LogP contribution in [0, 0.1) is 5.92 Å². The van der Waals surface area contributed by atoms with Gasteiger partial charge in [0.2, 0.25) is 5.91 Å². The van der Waals surface area contributed by atoms with Crippen molar-refractivity contribution >= 4 is 11.9 Å². The zero-order valence-electron chi connectivity index (χ0n) is 9.34. The van der Waals surface area contributed by atoms with Crippen LogP contribution in [-0.2, 0) is 16.1 Å². The lowest BCUT2D eigenvalue weighted by Gasteiger charge is -2.06. The van der Waals surface area contributed by atoms with Gasteiger partial charge in [-0.05, 0) is 6.92 Å². The summed E-state index contributed by atoms with van der Waals surface area (Å²) in [7, 11) is 0. The van der Waals surface area contributed by atoms with Crippen molar-refractivity contribution in [3.05, 3.63) is 18.0 Å². The number of nitrogens with zero attached hydrogens (tertiary/aromatic N) is 2. The first-order chi connectivity index (χ1) is 7.54. The monoisotopic (exact) mass is 225 g/mol. The molecule has 0 aliphatic heterocycles. The summed E-state index contributed by atoms with van der Waals surface area (Å²) in [6, 6.07) is 0. The van der Waals surface area contributed by atoms with Gasteiger partial charge in [-0.15, -0.1) is 0 Å². The SMILES string of the molecule is CCOC(=O)c1cnn(CC(C)C(N)=O)c1. The lowest BCUT2D eigenvalue weighted by atomic mass is 10.2. The van der Waals surface area contributed by atoms with Crippen LogP contribution in [0.2, 0.25) is 0 Å². The van der Waals surface area contributed by atoms with E-state index < -0.39 is 11.9 Å². The standard InChI is InChI=1S/C10H15N3O3/c1-3-16-10(15)8-4-12-13(6-8)5-7(2)9(11)14/h4,6-7H,3,5H2,1-2H3,(H2,11,14). The Kier molecular flexibility index (Phi) is 4.04. The third kappa shape index (κ3) is 3.08. The van der Waals surface area contributed by atoms with Crippen LogP contribution in [0.3, 0.4) is 0 Å². The summed E-state index contributed by atoms with van der Waals surface area (Å²) < 4.78 is 6.31. The first-order valence-corrected chi connectivity index (χ1v) is 5.03. The van der Waals surface area contributed by atoms with Crippen molar-refractivity contribution in [2.24, 2.45) is 11.7 Å². The molecule has 2 N–H and O–H groups in total. The molecule has 1 amide bonds. The number of esters is 1. The molecule has 0 fully saturated rings. The quantitative estimate of drug-likeness (QED) is 0.724. The third-order valence-corrected chi connectivity index (χ3v) is 2.09. The molecular formula is C10H15N3O3. The second-order valence-corrected chi connectivity index (χ2v) is 3.47. The molecule has 1 unspecified atom stereocenters. The zero-order chi connectivity index (χ0) is 12.1. The molecule has 6 nitrogen and oxygen atoms in total. The summed E-state index contributed by atoms with van der Waals surface area (Å²) in [5, 5.41) is 3.95. The van der Waals surface area contributed by atoms with Gasteiger partial charge in [-0.3, -0.25) is 9.48 Å². The van der Waals surface area contributed by atoms with Gasteiger partial charge in [-0.25, -0.2) is 4.79 Å². The van der Waals surface area contributed by atoms with E-state index in [0.717, 1.165) is 0 Å². The Bertz CT molecular complexity index is 386. The maximum Gasteiger partial charge on any atom is 0.341 e. The minimum Gasteiger partial charge on any atom is -0.462 e. The molecule has 1 heterocycles. The Balaban J connectivity index is 2.64. The summed E-state index contributed by atoms with van der Waals surface area (Å²) in [6.45, 7) is 4.11. The van der Waals surface area contributed by atoms with E-state index in [2.05, 4.69) is 5.10 Å². The van der Waals surface area contributed by atoms with Crippen LogP contribution < -0.4 is 5.73 Å². The van der Waals surface area contributed by atoms with E-state index in [1.165, 1.54) is 17.1 Å². The van der Waals surface area contributed by atoms with E-state index in [1.807, 2.05) is 0 Å². The van der Waals surface area contributed by atoms with Gasteiger partial charge in [0.1, 0.15) is 0 Å². The van der Waals surface area contributed by atoms with Gasteiger partial charge in [0.15, 0.2) is 0 Å². The highest BCUT2D eigenvalue weighted by Crippen LogP contribution is 2.04. The molecule has 1 atom stereocenters. The molecule has 0 bridgehead atoms. The average Bonchev–Trinajstić information content (AvgIpc) is 2.66. The number of rotatable bonds is 5. The molecule has 0 aliphatic rings. The molecular weight excluding hydrogens is 210 g/mol. The van der Waals surface area contributed by atoms with Crippen molar-refractivity contribution in [1.82, 2.24) is 9.78 Å². The topological polar surface area (TPSA) is 87.2 Å². The highest BCUT2D eigenvalue weighted by Gasteiger charge is 2.13. The van der Waals surface area contributed by atoms with Gasteiger partial charge in [-0.2, -0.15) is 5.10 Å². The number of hydrogen-bond acceptors (Lipinski definition) is 4. The number of amides is 1. The summed E-state index contributed by atoms with van der Waals surface area (Å²) in [5.74, 6) is -1.14. The lowest BCUT2D eigenvalue weighted by Crippen LogP contribution is -2.24. The van der Waals surface area contributed by atoms with Crippen molar-refractivity contribution in [3.63, 3.8) is 0 Å². The summed E-state index contributed by atoms with van der Waals surface area (Å²) in [6.07, 6.45) is 2.95. The number of aromatic nitrogens is 2. The van der Waals surface area contributed by atoms with Crippen molar-refractivity contribution in [3.8, 4) is 0 Å². The number of nitrogens with two attached hydrogens (primary N) is 1. The Morgan fingerprint density at radius 1 is 1.62 bits per heavy atom. The predicted molar refractivity (Wildman–Crippen MR) is 56.5 cm³/mol. The molecule has 0 saturated heterocycles.